The van der Waals surface area contributed by atoms with Crippen molar-refractivity contribution in [3.63, 3.8) is 0 Å². The second-order valence-electron chi connectivity index (χ2n) is 8.06. The van der Waals surface area contributed by atoms with Gasteiger partial charge in [0.15, 0.2) is 5.96 Å². The quantitative estimate of drug-likeness (QED) is 0.157. The Hall–Kier alpha value is -0.860. The van der Waals surface area contributed by atoms with Crippen molar-refractivity contribution in [2.45, 2.75) is 58.3 Å². The van der Waals surface area contributed by atoms with Crippen molar-refractivity contribution in [2.24, 2.45) is 10.4 Å². The number of nitrogens with zero attached hydrogens (tertiary/aromatic N) is 1. The van der Waals surface area contributed by atoms with E-state index in [0.717, 1.165) is 71.2 Å². The van der Waals surface area contributed by atoms with Gasteiger partial charge in [-0.05, 0) is 56.4 Å². The molecule has 6 heteroatoms. The van der Waals surface area contributed by atoms with Crippen LogP contribution in [-0.2, 0) is 15.9 Å². The Morgan fingerprint density at radius 2 is 1.77 bits per heavy atom. The molecule has 0 spiro atoms. The number of rotatable bonds is 14. The Bertz CT molecular complexity index is 563. The first-order valence-corrected chi connectivity index (χ1v) is 11.4. The van der Waals surface area contributed by atoms with Gasteiger partial charge in [0, 0.05) is 40.0 Å². The first-order valence-electron chi connectivity index (χ1n) is 11.4. The largest absolute Gasteiger partial charge is 0.382 e. The van der Waals surface area contributed by atoms with E-state index in [1.54, 1.807) is 0 Å². The van der Waals surface area contributed by atoms with Crippen LogP contribution >= 0.6 is 24.0 Å². The van der Waals surface area contributed by atoms with Gasteiger partial charge in [0.05, 0.1) is 6.61 Å². The minimum Gasteiger partial charge on any atom is -0.382 e. The summed E-state index contributed by atoms with van der Waals surface area (Å²) in [7, 11) is 1.85. The van der Waals surface area contributed by atoms with E-state index in [0.29, 0.717) is 5.41 Å². The number of halogens is 1. The number of nitrogens with one attached hydrogen (secondary N) is 2. The summed E-state index contributed by atoms with van der Waals surface area (Å²) < 4.78 is 11.4. The first kappa shape index (κ1) is 27.2. The molecule has 0 bridgehead atoms. The fourth-order valence-corrected chi connectivity index (χ4v) is 4.04. The highest BCUT2D eigenvalue weighted by atomic mass is 127. The van der Waals surface area contributed by atoms with Crippen molar-refractivity contribution in [1.29, 1.82) is 0 Å². The van der Waals surface area contributed by atoms with Gasteiger partial charge in [-0.1, -0.05) is 43.2 Å². The van der Waals surface area contributed by atoms with E-state index in [9.17, 15) is 0 Å². The zero-order valence-corrected chi connectivity index (χ0v) is 21.3. The summed E-state index contributed by atoms with van der Waals surface area (Å²) in [5.74, 6) is 0.915. The summed E-state index contributed by atoms with van der Waals surface area (Å²) >= 11 is 0. The predicted molar refractivity (Wildman–Crippen MR) is 137 cm³/mol. The van der Waals surface area contributed by atoms with Crippen LogP contribution in [0.3, 0.4) is 0 Å². The summed E-state index contributed by atoms with van der Waals surface area (Å²) in [5, 5.41) is 7.01. The molecule has 0 saturated heterocycles. The van der Waals surface area contributed by atoms with Crippen molar-refractivity contribution in [3.8, 4) is 0 Å². The van der Waals surface area contributed by atoms with E-state index in [1.807, 2.05) is 7.05 Å². The molecule has 2 N–H and O–H groups in total. The van der Waals surface area contributed by atoms with Gasteiger partial charge in [0.1, 0.15) is 0 Å². The van der Waals surface area contributed by atoms with Gasteiger partial charge >= 0.3 is 0 Å². The Labute approximate surface area is 200 Å². The molecule has 0 aromatic heterocycles. The van der Waals surface area contributed by atoms with Crippen LogP contribution in [0.25, 0.3) is 0 Å². The summed E-state index contributed by atoms with van der Waals surface area (Å²) in [6.07, 6.45) is 9.55. The molecular weight excluding hydrogens is 489 g/mol. The van der Waals surface area contributed by atoms with Gasteiger partial charge in [-0.2, -0.15) is 0 Å². The van der Waals surface area contributed by atoms with E-state index in [1.165, 1.54) is 31.2 Å². The summed E-state index contributed by atoms with van der Waals surface area (Å²) in [5.41, 5.74) is 1.71. The molecule has 0 atom stereocenters. The third kappa shape index (κ3) is 11.0. The number of ether oxygens (including phenoxy) is 2. The highest BCUT2D eigenvalue weighted by Crippen LogP contribution is 2.40. The van der Waals surface area contributed by atoms with Crippen LogP contribution in [0.4, 0.5) is 0 Å². The molecule has 1 aliphatic rings. The van der Waals surface area contributed by atoms with E-state index in [2.05, 4.69) is 52.9 Å². The number of guanidine groups is 1. The van der Waals surface area contributed by atoms with E-state index >= 15 is 0 Å². The Kier molecular flexibility index (Phi) is 15.2. The van der Waals surface area contributed by atoms with Crippen LogP contribution in [0.15, 0.2) is 35.3 Å². The monoisotopic (exact) mass is 531 g/mol. The topological polar surface area (TPSA) is 54.9 Å². The standard InChI is InChI=1S/C24H41N3O2.HI/c1-3-28-20-16-24(14-7-8-15-24)21-27-23(25-2)26-17-9-10-18-29-19-13-22-11-5-4-6-12-22;/h4-6,11-12H,3,7-10,13-21H2,1-2H3,(H2,25,26,27);1H. The van der Waals surface area contributed by atoms with Crippen LogP contribution in [0.2, 0.25) is 0 Å². The Balaban J connectivity index is 0.00000450. The molecule has 1 aromatic carbocycles. The smallest absolute Gasteiger partial charge is 0.190 e. The zero-order chi connectivity index (χ0) is 20.6. The van der Waals surface area contributed by atoms with Crippen LogP contribution in [0, 0.1) is 5.41 Å². The van der Waals surface area contributed by atoms with Crippen molar-refractivity contribution in [1.82, 2.24) is 10.6 Å². The summed E-state index contributed by atoms with van der Waals surface area (Å²) in [6, 6.07) is 10.5. The molecule has 1 aliphatic carbocycles. The molecule has 0 heterocycles. The molecule has 172 valence electrons. The lowest BCUT2D eigenvalue weighted by atomic mass is 9.83. The molecule has 0 amide bonds. The molecule has 1 fully saturated rings. The van der Waals surface area contributed by atoms with Gasteiger partial charge in [-0.3, -0.25) is 4.99 Å². The third-order valence-corrected chi connectivity index (χ3v) is 5.89. The van der Waals surface area contributed by atoms with Gasteiger partial charge in [-0.15, -0.1) is 24.0 Å². The lowest BCUT2D eigenvalue weighted by Crippen LogP contribution is -2.43. The maximum Gasteiger partial charge on any atom is 0.190 e. The first-order chi connectivity index (χ1) is 14.3. The number of hydrogen-bond acceptors (Lipinski definition) is 3. The van der Waals surface area contributed by atoms with Gasteiger partial charge in [-0.25, -0.2) is 0 Å². The van der Waals surface area contributed by atoms with Crippen molar-refractivity contribution in [3.05, 3.63) is 35.9 Å². The lowest BCUT2D eigenvalue weighted by molar-refractivity contribution is 0.105. The predicted octanol–water partition coefficient (Wildman–Crippen LogP) is 4.80. The molecule has 0 radical (unpaired) electrons. The summed E-state index contributed by atoms with van der Waals surface area (Å²) in [6.45, 7) is 7.28. The van der Waals surface area contributed by atoms with Crippen LogP contribution in [0.5, 0.6) is 0 Å². The number of hydrogen-bond donors (Lipinski definition) is 2. The maximum atomic E-state index is 5.76. The number of benzene rings is 1. The maximum absolute atomic E-state index is 5.76. The molecule has 0 aliphatic heterocycles. The molecule has 0 unspecified atom stereocenters. The van der Waals surface area contributed by atoms with Crippen molar-refractivity contribution in [2.75, 3.05) is 46.6 Å². The van der Waals surface area contributed by atoms with Crippen LogP contribution < -0.4 is 10.6 Å². The average Bonchev–Trinajstić information content (AvgIpc) is 3.22. The molecule has 1 aromatic rings. The van der Waals surface area contributed by atoms with Crippen LogP contribution in [-0.4, -0.2) is 52.5 Å². The Morgan fingerprint density at radius 1 is 1.00 bits per heavy atom. The fourth-order valence-electron chi connectivity index (χ4n) is 4.04. The second kappa shape index (κ2) is 16.8. The lowest BCUT2D eigenvalue weighted by Gasteiger charge is -2.30. The SMILES string of the molecule is CCOCCC1(CNC(=NC)NCCCCOCCc2ccccc2)CCCC1.I. The molecule has 1 saturated carbocycles. The van der Waals surface area contributed by atoms with Crippen LogP contribution in [0.1, 0.15) is 57.4 Å². The molecule has 30 heavy (non-hydrogen) atoms. The van der Waals surface area contributed by atoms with Gasteiger partial charge in [0.2, 0.25) is 0 Å². The highest BCUT2D eigenvalue weighted by Gasteiger charge is 2.33. The summed E-state index contributed by atoms with van der Waals surface area (Å²) in [4.78, 5) is 4.39. The minimum atomic E-state index is 0. The molecule has 5 nitrogen and oxygen atoms in total. The Morgan fingerprint density at radius 3 is 2.47 bits per heavy atom. The van der Waals surface area contributed by atoms with E-state index in [-0.39, 0.29) is 24.0 Å². The minimum absolute atomic E-state index is 0. The van der Waals surface area contributed by atoms with E-state index in [4.69, 9.17) is 9.47 Å². The van der Waals surface area contributed by atoms with E-state index < -0.39 is 0 Å². The third-order valence-electron chi connectivity index (χ3n) is 5.89. The fraction of sp³-hybridized carbons (Fsp3) is 0.708. The highest BCUT2D eigenvalue weighted by molar-refractivity contribution is 14.0. The van der Waals surface area contributed by atoms with Gasteiger partial charge in [0.25, 0.3) is 0 Å². The second-order valence-corrected chi connectivity index (χ2v) is 8.06. The van der Waals surface area contributed by atoms with Crippen molar-refractivity contribution < 1.29 is 9.47 Å². The number of aliphatic imine (C=N–C) groups is 1. The molecular formula is C24H42IN3O2. The number of unbranched alkanes of at least 4 members (excludes halogenated alkanes) is 1. The average molecular weight is 532 g/mol. The zero-order valence-electron chi connectivity index (χ0n) is 19.0. The van der Waals surface area contributed by atoms with Crippen molar-refractivity contribution >= 4 is 29.9 Å². The van der Waals surface area contributed by atoms with Gasteiger partial charge < -0.3 is 20.1 Å². The normalized spacial score (nSPS) is 15.6. The molecule has 2 rings (SSSR count).